The monoisotopic (exact) mass is 416 g/mol. The van der Waals surface area contributed by atoms with E-state index >= 15 is 0 Å². The van der Waals surface area contributed by atoms with Crippen molar-refractivity contribution in [3.8, 4) is 22.8 Å². The Morgan fingerprint density at radius 1 is 1.11 bits per heavy atom. The number of amides is 1. The molecule has 1 amide bonds. The Bertz CT molecular complexity index is 1050. The maximum Gasteiger partial charge on any atom is 0.284 e. The maximum atomic E-state index is 12.2. The molecule has 1 aliphatic heterocycles. The summed E-state index contributed by atoms with van der Waals surface area (Å²) in [6.45, 7) is 0.109. The molecule has 1 unspecified atom stereocenters. The van der Waals surface area contributed by atoms with Gasteiger partial charge in [0.1, 0.15) is 18.1 Å². The zero-order chi connectivity index (χ0) is 19.5. The van der Waals surface area contributed by atoms with Crippen LogP contribution >= 0.6 is 23.2 Å². The van der Waals surface area contributed by atoms with Crippen molar-refractivity contribution in [2.24, 2.45) is 5.10 Å². The van der Waals surface area contributed by atoms with Gasteiger partial charge >= 0.3 is 0 Å². The highest BCUT2D eigenvalue weighted by atomic mass is 35.5. The lowest BCUT2D eigenvalue weighted by Crippen LogP contribution is -2.42. The van der Waals surface area contributed by atoms with Crippen LogP contribution in [0.2, 0.25) is 10.0 Å². The molecule has 2 heterocycles. The standard InChI is InChI=1S/C20H14Cl2N2O4/c21-12-5-7-14(15(22)9-12)16-8-6-13(27-16)10-23-24-20(25)19-11-26-17-3-1-2-4-18(17)28-19/h1-10,19H,11H2,(H,24,25). The Labute approximate surface area is 170 Å². The van der Waals surface area contributed by atoms with Gasteiger partial charge in [0.15, 0.2) is 11.5 Å². The number of hydrogen-bond acceptors (Lipinski definition) is 5. The molecule has 4 rings (SSSR count). The predicted octanol–water partition coefficient (Wildman–Crippen LogP) is 4.54. The maximum absolute atomic E-state index is 12.2. The van der Waals surface area contributed by atoms with Crippen molar-refractivity contribution in [3.05, 3.63) is 70.4 Å². The van der Waals surface area contributed by atoms with Gasteiger partial charge < -0.3 is 13.9 Å². The molecular formula is C20H14Cl2N2O4. The van der Waals surface area contributed by atoms with E-state index in [0.29, 0.717) is 38.6 Å². The summed E-state index contributed by atoms with van der Waals surface area (Å²) in [5.74, 6) is 1.73. The van der Waals surface area contributed by atoms with E-state index in [4.69, 9.17) is 37.1 Å². The minimum atomic E-state index is -0.785. The molecule has 6 nitrogen and oxygen atoms in total. The van der Waals surface area contributed by atoms with Gasteiger partial charge in [0, 0.05) is 10.6 Å². The summed E-state index contributed by atoms with van der Waals surface area (Å²) >= 11 is 12.1. The van der Waals surface area contributed by atoms with Crippen molar-refractivity contribution >= 4 is 35.3 Å². The lowest BCUT2D eigenvalue weighted by molar-refractivity contribution is -0.130. The highest BCUT2D eigenvalue weighted by Crippen LogP contribution is 2.32. The molecule has 0 radical (unpaired) electrons. The van der Waals surface area contributed by atoms with E-state index in [9.17, 15) is 4.79 Å². The van der Waals surface area contributed by atoms with Gasteiger partial charge in [-0.15, -0.1) is 0 Å². The van der Waals surface area contributed by atoms with Crippen LogP contribution in [0.1, 0.15) is 5.76 Å². The van der Waals surface area contributed by atoms with Crippen molar-refractivity contribution < 1.29 is 18.7 Å². The zero-order valence-corrected chi connectivity index (χ0v) is 15.9. The number of para-hydroxylation sites is 2. The second-order valence-corrected chi connectivity index (χ2v) is 6.77. The molecule has 3 aromatic rings. The Kier molecular flexibility index (Phi) is 5.23. The largest absolute Gasteiger partial charge is 0.485 e. The summed E-state index contributed by atoms with van der Waals surface area (Å²) in [4.78, 5) is 12.2. The van der Waals surface area contributed by atoms with Gasteiger partial charge in [-0.25, -0.2) is 5.43 Å². The summed E-state index contributed by atoms with van der Waals surface area (Å²) in [6.07, 6.45) is 0.607. The van der Waals surface area contributed by atoms with Crippen LogP contribution in [0.25, 0.3) is 11.3 Å². The molecule has 0 aliphatic carbocycles. The van der Waals surface area contributed by atoms with Crippen LogP contribution in [0.4, 0.5) is 0 Å². The predicted molar refractivity (Wildman–Crippen MR) is 106 cm³/mol. The average Bonchev–Trinajstić information content (AvgIpc) is 3.16. The van der Waals surface area contributed by atoms with E-state index in [1.54, 1.807) is 42.5 Å². The van der Waals surface area contributed by atoms with Crippen LogP contribution in [0.5, 0.6) is 11.5 Å². The summed E-state index contributed by atoms with van der Waals surface area (Å²) in [7, 11) is 0. The third kappa shape index (κ3) is 3.98. The number of furan rings is 1. The number of hydrogen-bond donors (Lipinski definition) is 1. The second kappa shape index (κ2) is 7.96. The summed E-state index contributed by atoms with van der Waals surface area (Å²) < 4.78 is 16.8. The molecule has 1 N–H and O–H groups in total. The lowest BCUT2D eigenvalue weighted by atomic mass is 10.2. The van der Waals surface area contributed by atoms with Gasteiger partial charge in [-0.05, 0) is 42.5 Å². The van der Waals surface area contributed by atoms with E-state index in [2.05, 4.69) is 10.5 Å². The number of carbonyl (C=O) groups is 1. The number of nitrogens with one attached hydrogen (secondary N) is 1. The minimum Gasteiger partial charge on any atom is -0.485 e. The first kappa shape index (κ1) is 18.4. The molecule has 142 valence electrons. The second-order valence-electron chi connectivity index (χ2n) is 5.92. The first-order chi connectivity index (χ1) is 13.6. The van der Waals surface area contributed by atoms with Crippen molar-refractivity contribution in [2.45, 2.75) is 6.10 Å². The average molecular weight is 417 g/mol. The van der Waals surface area contributed by atoms with Gasteiger partial charge in [0.25, 0.3) is 5.91 Å². The molecule has 2 aromatic carbocycles. The molecule has 0 saturated heterocycles. The first-order valence-corrected chi connectivity index (χ1v) is 9.12. The number of halogens is 2. The Morgan fingerprint density at radius 2 is 1.93 bits per heavy atom. The highest BCUT2D eigenvalue weighted by Gasteiger charge is 2.27. The van der Waals surface area contributed by atoms with Crippen molar-refractivity contribution in [3.63, 3.8) is 0 Å². The lowest BCUT2D eigenvalue weighted by Gasteiger charge is -2.24. The Hall–Kier alpha value is -2.96. The first-order valence-electron chi connectivity index (χ1n) is 8.37. The van der Waals surface area contributed by atoms with Crippen LogP contribution < -0.4 is 14.9 Å². The highest BCUT2D eigenvalue weighted by molar-refractivity contribution is 6.36. The topological polar surface area (TPSA) is 73.1 Å². The number of rotatable bonds is 4. The molecule has 1 aromatic heterocycles. The van der Waals surface area contributed by atoms with E-state index in [1.165, 1.54) is 6.21 Å². The van der Waals surface area contributed by atoms with E-state index in [1.807, 2.05) is 12.1 Å². The SMILES string of the molecule is O=C(NN=Cc1ccc(-c2ccc(Cl)cc2Cl)o1)C1COc2ccccc2O1. The quantitative estimate of drug-likeness (QED) is 0.500. The fourth-order valence-corrected chi connectivity index (χ4v) is 3.14. The zero-order valence-electron chi connectivity index (χ0n) is 14.4. The van der Waals surface area contributed by atoms with Crippen molar-refractivity contribution in [2.75, 3.05) is 6.61 Å². The molecule has 1 atom stereocenters. The molecule has 28 heavy (non-hydrogen) atoms. The van der Waals surface area contributed by atoms with Crippen LogP contribution in [-0.4, -0.2) is 24.8 Å². The number of nitrogens with zero attached hydrogens (tertiary/aromatic N) is 1. The summed E-state index contributed by atoms with van der Waals surface area (Å²) in [5, 5.41) is 4.93. The van der Waals surface area contributed by atoms with Crippen LogP contribution in [-0.2, 0) is 4.79 Å². The van der Waals surface area contributed by atoms with Gasteiger partial charge in [0.05, 0.1) is 11.2 Å². The third-order valence-electron chi connectivity index (χ3n) is 3.99. The minimum absolute atomic E-state index is 0.109. The molecule has 8 heteroatoms. The van der Waals surface area contributed by atoms with Crippen molar-refractivity contribution in [1.29, 1.82) is 0 Å². The van der Waals surface area contributed by atoms with Gasteiger partial charge in [-0.1, -0.05) is 35.3 Å². The van der Waals surface area contributed by atoms with E-state index in [-0.39, 0.29) is 6.61 Å². The number of hydrazone groups is 1. The molecule has 0 bridgehead atoms. The molecule has 0 spiro atoms. The van der Waals surface area contributed by atoms with Gasteiger partial charge in [-0.2, -0.15) is 5.10 Å². The number of carbonyl (C=O) groups excluding carboxylic acids is 1. The van der Waals surface area contributed by atoms with Gasteiger partial charge in [0.2, 0.25) is 6.10 Å². The number of ether oxygens (including phenoxy) is 2. The normalized spacial score (nSPS) is 15.6. The molecule has 0 fully saturated rings. The summed E-state index contributed by atoms with van der Waals surface area (Å²) in [6, 6.07) is 15.8. The van der Waals surface area contributed by atoms with Crippen LogP contribution in [0, 0.1) is 0 Å². The van der Waals surface area contributed by atoms with E-state index < -0.39 is 12.0 Å². The van der Waals surface area contributed by atoms with E-state index in [0.717, 1.165) is 0 Å². The Balaban J connectivity index is 1.38. The third-order valence-corrected chi connectivity index (χ3v) is 4.54. The molecular weight excluding hydrogens is 403 g/mol. The van der Waals surface area contributed by atoms with Gasteiger partial charge in [-0.3, -0.25) is 4.79 Å². The smallest absolute Gasteiger partial charge is 0.284 e. The summed E-state index contributed by atoms with van der Waals surface area (Å²) in [5.41, 5.74) is 3.13. The number of fused-ring (bicyclic) bond motifs is 1. The van der Waals surface area contributed by atoms with Crippen LogP contribution in [0.3, 0.4) is 0 Å². The Morgan fingerprint density at radius 3 is 2.75 bits per heavy atom. The molecule has 1 aliphatic rings. The van der Waals surface area contributed by atoms with Crippen LogP contribution in [0.15, 0.2) is 64.1 Å². The van der Waals surface area contributed by atoms with Crippen molar-refractivity contribution in [1.82, 2.24) is 5.43 Å². The molecule has 0 saturated carbocycles. The fourth-order valence-electron chi connectivity index (χ4n) is 2.64. The number of benzene rings is 2. The fraction of sp³-hybridized carbons (Fsp3) is 0.100.